The van der Waals surface area contributed by atoms with E-state index in [0.29, 0.717) is 11.8 Å². The van der Waals surface area contributed by atoms with Gasteiger partial charge in [-0.05, 0) is 42.7 Å². The number of hydrogen-bond donors (Lipinski definition) is 0. The number of alkyl halides is 1. The van der Waals surface area contributed by atoms with Crippen LogP contribution in [0.4, 0.5) is 0 Å². The summed E-state index contributed by atoms with van der Waals surface area (Å²) in [5, 5.41) is 0. The fourth-order valence-corrected chi connectivity index (χ4v) is 2.02. The van der Waals surface area contributed by atoms with E-state index < -0.39 is 0 Å². The summed E-state index contributed by atoms with van der Waals surface area (Å²) in [7, 11) is 0. The van der Waals surface area contributed by atoms with Crippen LogP contribution in [0.1, 0.15) is 16.7 Å². The van der Waals surface area contributed by atoms with Crippen LogP contribution in [0.25, 0.3) is 0 Å². The molecule has 18 heavy (non-hydrogen) atoms. The molecule has 0 amide bonds. The Kier molecular flexibility index (Phi) is 4.25. The third-order valence-electron chi connectivity index (χ3n) is 2.58. The molecule has 1 aromatic carbocycles. The van der Waals surface area contributed by atoms with E-state index in [2.05, 4.69) is 20.9 Å². The average molecular weight is 327 g/mol. The third kappa shape index (κ3) is 3.03. The molecule has 0 aliphatic heterocycles. The Labute approximate surface area is 120 Å². The van der Waals surface area contributed by atoms with E-state index in [1.165, 1.54) is 0 Å². The second kappa shape index (κ2) is 5.72. The molecule has 0 unspecified atom stereocenters. The topological polar surface area (TPSA) is 22.1 Å². The first kappa shape index (κ1) is 13.4. The Hall–Kier alpha value is -1.06. The molecule has 0 bridgehead atoms. The maximum atomic E-state index is 5.72. The lowest BCUT2D eigenvalue weighted by Crippen LogP contribution is -1.91. The van der Waals surface area contributed by atoms with Crippen LogP contribution in [0, 0.1) is 13.8 Å². The third-order valence-corrected chi connectivity index (χ3v) is 4.14. The molecule has 0 radical (unpaired) electrons. The monoisotopic (exact) mass is 325 g/mol. The molecule has 2 aromatic rings. The van der Waals surface area contributed by atoms with Gasteiger partial charge in [0.15, 0.2) is 0 Å². The number of rotatable bonds is 3. The number of aryl methyl sites for hydroxylation is 2. The summed E-state index contributed by atoms with van der Waals surface area (Å²) < 4.78 is 6.83. The van der Waals surface area contributed by atoms with Crippen molar-refractivity contribution in [3.63, 3.8) is 0 Å². The maximum Gasteiger partial charge on any atom is 0.219 e. The minimum absolute atomic E-state index is 0.462. The van der Waals surface area contributed by atoms with Crippen LogP contribution in [0.2, 0.25) is 0 Å². The van der Waals surface area contributed by atoms with E-state index in [1.54, 1.807) is 6.20 Å². The number of nitrogens with zero attached hydrogens (tertiary/aromatic N) is 1. The molecule has 0 atom stereocenters. The molecule has 0 fully saturated rings. The SMILES string of the molecule is Cc1cc(Oc2ccc(CCl)cn2)cc(C)c1Br. The predicted molar refractivity (Wildman–Crippen MR) is 77.5 cm³/mol. The van der Waals surface area contributed by atoms with Gasteiger partial charge < -0.3 is 4.74 Å². The minimum atomic E-state index is 0.462. The molecule has 0 saturated heterocycles. The molecule has 0 N–H and O–H groups in total. The van der Waals surface area contributed by atoms with Crippen molar-refractivity contribution in [3.8, 4) is 11.6 Å². The van der Waals surface area contributed by atoms with Gasteiger partial charge in [0.2, 0.25) is 5.88 Å². The van der Waals surface area contributed by atoms with Crippen molar-refractivity contribution in [1.29, 1.82) is 0 Å². The first-order valence-electron chi connectivity index (χ1n) is 5.55. The minimum Gasteiger partial charge on any atom is -0.439 e. The largest absolute Gasteiger partial charge is 0.439 e. The highest BCUT2D eigenvalue weighted by atomic mass is 79.9. The van der Waals surface area contributed by atoms with Crippen molar-refractivity contribution in [1.82, 2.24) is 4.98 Å². The van der Waals surface area contributed by atoms with Crippen LogP contribution in [-0.4, -0.2) is 4.98 Å². The summed E-state index contributed by atoms with van der Waals surface area (Å²) >= 11 is 9.24. The lowest BCUT2D eigenvalue weighted by molar-refractivity contribution is 0.462. The Morgan fingerprint density at radius 2 is 1.89 bits per heavy atom. The van der Waals surface area contributed by atoms with Crippen LogP contribution in [0.3, 0.4) is 0 Å². The quantitative estimate of drug-likeness (QED) is 0.741. The zero-order valence-electron chi connectivity index (χ0n) is 10.2. The Morgan fingerprint density at radius 1 is 1.22 bits per heavy atom. The van der Waals surface area contributed by atoms with Crippen molar-refractivity contribution in [2.45, 2.75) is 19.7 Å². The Morgan fingerprint density at radius 3 is 2.39 bits per heavy atom. The molecule has 2 nitrogen and oxygen atoms in total. The van der Waals surface area contributed by atoms with Gasteiger partial charge in [-0.3, -0.25) is 0 Å². The number of pyridine rings is 1. The van der Waals surface area contributed by atoms with Crippen molar-refractivity contribution >= 4 is 27.5 Å². The van der Waals surface area contributed by atoms with E-state index in [4.69, 9.17) is 16.3 Å². The second-order valence-corrected chi connectivity index (χ2v) is 5.17. The molecule has 1 heterocycles. The van der Waals surface area contributed by atoms with E-state index in [-0.39, 0.29) is 0 Å². The van der Waals surface area contributed by atoms with Crippen LogP contribution in [0.15, 0.2) is 34.9 Å². The van der Waals surface area contributed by atoms with Gasteiger partial charge in [0.1, 0.15) is 5.75 Å². The zero-order valence-corrected chi connectivity index (χ0v) is 12.5. The Balaban J connectivity index is 2.23. The summed E-state index contributed by atoms with van der Waals surface area (Å²) in [6.45, 7) is 4.07. The smallest absolute Gasteiger partial charge is 0.219 e. The molecule has 1 aromatic heterocycles. The summed E-state index contributed by atoms with van der Waals surface area (Å²) in [4.78, 5) is 4.21. The molecular weight excluding hydrogens is 314 g/mol. The van der Waals surface area contributed by atoms with Crippen LogP contribution in [-0.2, 0) is 5.88 Å². The first-order valence-corrected chi connectivity index (χ1v) is 6.88. The van der Waals surface area contributed by atoms with Gasteiger partial charge in [0.25, 0.3) is 0 Å². The number of benzene rings is 1. The highest BCUT2D eigenvalue weighted by molar-refractivity contribution is 9.10. The van der Waals surface area contributed by atoms with Crippen LogP contribution < -0.4 is 4.74 Å². The molecule has 0 aliphatic rings. The standard InChI is InChI=1S/C14H13BrClNO/c1-9-5-12(6-10(2)14(9)15)18-13-4-3-11(7-16)8-17-13/h3-6,8H,7H2,1-2H3. The first-order chi connectivity index (χ1) is 8.60. The normalized spacial score (nSPS) is 10.4. The molecule has 0 saturated carbocycles. The Bertz CT molecular complexity index is 531. The second-order valence-electron chi connectivity index (χ2n) is 4.11. The fraction of sp³-hybridized carbons (Fsp3) is 0.214. The summed E-state index contributed by atoms with van der Waals surface area (Å²) in [6, 6.07) is 7.70. The predicted octanol–water partition coefficient (Wildman–Crippen LogP) is 4.99. The highest BCUT2D eigenvalue weighted by Crippen LogP contribution is 2.28. The van der Waals surface area contributed by atoms with Gasteiger partial charge in [-0.2, -0.15) is 0 Å². The molecular formula is C14H13BrClNO. The van der Waals surface area contributed by atoms with Gasteiger partial charge >= 0.3 is 0 Å². The number of hydrogen-bond acceptors (Lipinski definition) is 2. The summed E-state index contributed by atoms with van der Waals surface area (Å²) in [5.74, 6) is 1.83. The van der Waals surface area contributed by atoms with Gasteiger partial charge in [-0.25, -0.2) is 4.98 Å². The summed E-state index contributed by atoms with van der Waals surface area (Å²) in [6.07, 6.45) is 1.72. The number of aromatic nitrogens is 1. The van der Waals surface area contributed by atoms with E-state index in [9.17, 15) is 0 Å². The number of ether oxygens (including phenoxy) is 1. The van der Waals surface area contributed by atoms with E-state index >= 15 is 0 Å². The van der Waals surface area contributed by atoms with E-state index in [1.807, 2.05) is 38.1 Å². The molecule has 0 spiro atoms. The zero-order chi connectivity index (χ0) is 13.1. The highest BCUT2D eigenvalue weighted by Gasteiger charge is 2.05. The van der Waals surface area contributed by atoms with Crippen molar-refractivity contribution in [3.05, 3.63) is 51.6 Å². The van der Waals surface area contributed by atoms with Crippen molar-refractivity contribution < 1.29 is 4.74 Å². The number of halogens is 2. The molecule has 2 rings (SSSR count). The molecule has 4 heteroatoms. The lowest BCUT2D eigenvalue weighted by atomic mass is 10.1. The van der Waals surface area contributed by atoms with Crippen molar-refractivity contribution in [2.24, 2.45) is 0 Å². The van der Waals surface area contributed by atoms with Gasteiger partial charge in [-0.15, -0.1) is 11.6 Å². The molecule has 94 valence electrons. The van der Waals surface area contributed by atoms with Gasteiger partial charge in [0.05, 0.1) is 0 Å². The summed E-state index contributed by atoms with van der Waals surface area (Å²) in [5.41, 5.74) is 3.26. The molecule has 0 aliphatic carbocycles. The van der Waals surface area contributed by atoms with E-state index in [0.717, 1.165) is 26.9 Å². The van der Waals surface area contributed by atoms with Gasteiger partial charge in [0, 0.05) is 22.6 Å². The lowest BCUT2D eigenvalue weighted by Gasteiger charge is -2.09. The van der Waals surface area contributed by atoms with Crippen LogP contribution >= 0.6 is 27.5 Å². The fourth-order valence-electron chi connectivity index (χ4n) is 1.64. The van der Waals surface area contributed by atoms with Gasteiger partial charge in [-0.1, -0.05) is 22.0 Å². The maximum absolute atomic E-state index is 5.72. The average Bonchev–Trinajstić information content (AvgIpc) is 2.37. The van der Waals surface area contributed by atoms with Crippen molar-refractivity contribution in [2.75, 3.05) is 0 Å². The van der Waals surface area contributed by atoms with Crippen LogP contribution in [0.5, 0.6) is 11.6 Å².